The first-order valence-corrected chi connectivity index (χ1v) is 10.7. The predicted octanol–water partition coefficient (Wildman–Crippen LogP) is 2.79. The lowest BCUT2D eigenvalue weighted by atomic mass is 9.93. The van der Waals surface area contributed by atoms with Gasteiger partial charge in [0, 0.05) is 41.3 Å². The van der Waals surface area contributed by atoms with E-state index in [0.29, 0.717) is 27.9 Å². The molecule has 3 N–H and O–H groups in total. The molecule has 0 unspecified atom stereocenters. The normalized spacial score (nSPS) is 11.8. The summed E-state index contributed by atoms with van der Waals surface area (Å²) in [5, 5.41) is 3.12. The number of nitrogens with zero attached hydrogens (tertiary/aromatic N) is 2. The Kier molecular flexibility index (Phi) is 4.85. The molecular formula is C22H22N3O4S+. The molecule has 30 heavy (non-hydrogen) atoms. The highest BCUT2D eigenvalue weighted by Gasteiger charge is 2.23. The van der Waals surface area contributed by atoms with E-state index in [0.717, 1.165) is 16.6 Å². The van der Waals surface area contributed by atoms with Gasteiger partial charge in [0.05, 0.1) is 11.8 Å². The van der Waals surface area contributed by atoms with Crippen LogP contribution in [-0.2, 0) is 10.1 Å². The Labute approximate surface area is 174 Å². The van der Waals surface area contributed by atoms with Gasteiger partial charge >= 0.3 is 0 Å². The topological polar surface area (TPSA) is 99.8 Å². The second kappa shape index (κ2) is 7.24. The van der Waals surface area contributed by atoms with Crippen LogP contribution in [-0.4, -0.2) is 34.1 Å². The van der Waals surface area contributed by atoms with Crippen molar-refractivity contribution in [1.29, 1.82) is 0 Å². The molecule has 0 saturated carbocycles. The highest BCUT2D eigenvalue weighted by Crippen LogP contribution is 2.42. The summed E-state index contributed by atoms with van der Waals surface area (Å²) < 4.78 is 42.2. The van der Waals surface area contributed by atoms with Gasteiger partial charge in [-0.3, -0.25) is 4.55 Å². The van der Waals surface area contributed by atoms with E-state index in [2.05, 4.69) is 0 Å². The fraction of sp³-hybridized carbons (Fsp3) is 0.136. The summed E-state index contributed by atoms with van der Waals surface area (Å²) in [6.07, 6.45) is 0. The first-order valence-electron chi connectivity index (χ1n) is 9.23. The lowest BCUT2D eigenvalue weighted by Gasteiger charge is -2.18. The van der Waals surface area contributed by atoms with Gasteiger partial charge < -0.3 is 9.43 Å². The third kappa shape index (κ3) is 3.45. The third-order valence-electron chi connectivity index (χ3n) is 5.05. The summed E-state index contributed by atoms with van der Waals surface area (Å²) in [4.78, 5) is -0.157. The number of benzene rings is 3. The highest BCUT2D eigenvalue weighted by molar-refractivity contribution is 7.86. The average Bonchev–Trinajstić information content (AvgIpc) is 2.70. The smallest absolute Gasteiger partial charge is 0.295 e. The van der Waals surface area contributed by atoms with Gasteiger partial charge in [0.1, 0.15) is 30.3 Å². The first-order chi connectivity index (χ1) is 14.2. The lowest BCUT2D eigenvalue weighted by Crippen LogP contribution is -2.24. The molecule has 7 nitrogen and oxygen atoms in total. The predicted molar refractivity (Wildman–Crippen MR) is 118 cm³/mol. The largest absolute Gasteiger partial charge is 0.456 e. The molecule has 0 amide bonds. The maximum Gasteiger partial charge on any atom is 0.295 e. The Morgan fingerprint density at radius 1 is 1.00 bits per heavy atom. The van der Waals surface area contributed by atoms with Crippen molar-refractivity contribution in [2.24, 2.45) is 5.84 Å². The SMILES string of the molecule is CN(N)c1ccc2c(-c3ccccc3S(=O)(=O)O)c3ccc(=[N+](C)C)cc-3oc2c1. The molecule has 1 aliphatic heterocycles. The van der Waals surface area contributed by atoms with Crippen LogP contribution >= 0.6 is 0 Å². The van der Waals surface area contributed by atoms with E-state index in [-0.39, 0.29) is 4.90 Å². The first kappa shape index (κ1) is 20.1. The number of rotatable bonds is 3. The number of hydrogen-bond acceptors (Lipinski definition) is 5. The molecule has 2 aromatic rings. The molecule has 1 aliphatic carbocycles. The van der Waals surface area contributed by atoms with Gasteiger partial charge in [-0.25, -0.2) is 10.4 Å². The lowest BCUT2D eigenvalue weighted by molar-refractivity contribution is 0.483. The molecule has 1 heterocycles. The number of hydrazine groups is 1. The minimum Gasteiger partial charge on any atom is -0.456 e. The molecule has 4 rings (SSSR count). The molecule has 0 fully saturated rings. The molecule has 8 heteroatoms. The Morgan fingerprint density at radius 2 is 1.73 bits per heavy atom. The summed E-state index contributed by atoms with van der Waals surface area (Å²) in [6.45, 7) is 0. The van der Waals surface area contributed by atoms with E-state index in [1.807, 2.05) is 49.0 Å². The Bertz CT molecular complexity index is 1420. The summed E-state index contributed by atoms with van der Waals surface area (Å²) in [7, 11) is 1.15. The van der Waals surface area contributed by atoms with Crippen molar-refractivity contribution >= 4 is 26.8 Å². The van der Waals surface area contributed by atoms with Crippen molar-refractivity contribution in [1.82, 2.24) is 4.58 Å². The molecule has 0 spiro atoms. The van der Waals surface area contributed by atoms with Crippen molar-refractivity contribution in [3.8, 4) is 22.5 Å². The molecular weight excluding hydrogens is 402 g/mol. The molecule has 0 bridgehead atoms. The highest BCUT2D eigenvalue weighted by atomic mass is 32.2. The van der Waals surface area contributed by atoms with Gasteiger partial charge in [-0.1, -0.05) is 18.2 Å². The van der Waals surface area contributed by atoms with Crippen LogP contribution in [0.5, 0.6) is 0 Å². The van der Waals surface area contributed by atoms with E-state index in [1.54, 1.807) is 31.3 Å². The maximum absolute atomic E-state index is 12.1. The quantitative estimate of drug-likeness (QED) is 0.172. The summed E-state index contributed by atoms with van der Waals surface area (Å²) >= 11 is 0. The zero-order valence-corrected chi connectivity index (χ0v) is 17.6. The molecule has 2 aliphatic rings. The van der Waals surface area contributed by atoms with Crippen molar-refractivity contribution in [3.63, 3.8) is 0 Å². The maximum atomic E-state index is 12.1. The number of nitrogens with two attached hydrogens (primary N) is 1. The van der Waals surface area contributed by atoms with Crippen LogP contribution < -0.4 is 20.8 Å². The molecule has 0 aromatic heterocycles. The van der Waals surface area contributed by atoms with Gasteiger partial charge in [0.15, 0.2) is 0 Å². The van der Waals surface area contributed by atoms with Crippen molar-refractivity contribution in [2.75, 3.05) is 26.2 Å². The van der Waals surface area contributed by atoms with Crippen molar-refractivity contribution in [2.45, 2.75) is 4.90 Å². The minimum absolute atomic E-state index is 0.157. The second-order valence-electron chi connectivity index (χ2n) is 7.31. The van der Waals surface area contributed by atoms with Gasteiger partial charge in [-0.2, -0.15) is 8.42 Å². The van der Waals surface area contributed by atoms with E-state index < -0.39 is 10.1 Å². The van der Waals surface area contributed by atoms with Crippen molar-refractivity contribution < 1.29 is 17.4 Å². The second-order valence-corrected chi connectivity index (χ2v) is 8.70. The Balaban J connectivity index is 2.21. The summed E-state index contributed by atoms with van der Waals surface area (Å²) in [6, 6.07) is 17.6. The van der Waals surface area contributed by atoms with Crippen molar-refractivity contribution in [3.05, 3.63) is 66.0 Å². The molecule has 0 saturated heterocycles. The van der Waals surface area contributed by atoms with E-state index >= 15 is 0 Å². The van der Waals surface area contributed by atoms with Gasteiger partial charge in [-0.05, 0) is 24.3 Å². The van der Waals surface area contributed by atoms with E-state index in [1.165, 1.54) is 11.1 Å². The third-order valence-corrected chi connectivity index (χ3v) is 5.96. The van der Waals surface area contributed by atoms with Crippen LogP contribution in [0, 0.1) is 0 Å². The van der Waals surface area contributed by atoms with Gasteiger partial charge in [0.25, 0.3) is 10.1 Å². The Morgan fingerprint density at radius 3 is 2.40 bits per heavy atom. The van der Waals surface area contributed by atoms with E-state index in [4.69, 9.17) is 10.3 Å². The minimum atomic E-state index is -4.43. The summed E-state index contributed by atoms with van der Waals surface area (Å²) in [5.41, 5.74) is 3.09. The van der Waals surface area contributed by atoms with Crippen LogP contribution in [0.2, 0.25) is 0 Å². The summed E-state index contributed by atoms with van der Waals surface area (Å²) in [5.74, 6) is 6.47. The standard InChI is InChI=1S/C22H21N3O4S/c1-24(2)14-8-10-16-19(12-14)29-20-13-15(25(3)23)9-11-17(20)22(16)18-6-4-5-7-21(18)30(26,27)28/h4-13H,23H2,1-3H3/p+1. The van der Waals surface area contributed by atoms with Crippen LogP contribution in [0.4, 0.5) is 5.69 Å². The zero-order chi connectivity index (χ0) is 21.6. The van der Waals surface area contributed by atoms with Crippen LogP contribution in [0.25, 0.3) is 33.4 Å². The molecule has 2 aromatic carbocycles. The van der Waals surface area contributed by atoms with E-state index in [9.17, 15) is 13.0 Å². The van der Waals surface area contributed by atoms with Gasteiger partial charge in [-0.15, -0.1) is 0 Å². The monoisotopic (exact) mass is 424 g/mol. The fourth-order valence-corrected chi connectivity index (χ4v) is 4.25. The molecule has 0 atom stereocenters. The average molecular weight is 425 g/mol. The molecule has 154 valence electrons. The van der Waals surface area contributed by atoms with Crippen LogP contribution in [0.1, 0.15) is 0 Å². The number of fused-ring (bicyclic) bond motifs is 2. The van der Waals surface area contributed by atoms with Crippen LogP contribution in [0.3, 0.4) is 0 Å². The van der Waals surface area contributed by atoms with Crippen LogP contribution in [0.15, 0.2) is 70.0 Å². The molecule has 0 radical (unpaired) electrons. The zero-order valence-electron chi connectivity index (χ0n) is 16.8. The fourth-order valence-electron chi connectivity index (χ4n) is 3.55. The number of anilines is 1. The Hall–Kier alpha value is -3.20. The number of hydrogen-bond donors (Lipinski definition) is 2. The van der Waals surface area contributed by atoms with Gasteiger partial charge in [0.2, 0.25) is 5.36 Å².